The van der Waals surface area contributed by atoms with Crippen molar-refractivity contribution in [1.29, 1.82) is 0 Å². The molecule has 0 bridgehead atoms. The summed E-state index contributed by atoms with van der Waals surface area (Å²) in [5, 5.41) is 2.51. The van der Waals surface area contributed by atoms with Crippen LogP contribution >= 0.6 is 0 Å². The number of allylic oxidation sites excluding steroid dienone is 5. The van der Waals surface area contributed by atoms with Crippen LogP contribution in [0.15, 0.2) is 195 Å². The Morgan fingerprint density at radius 2 is 1.12 bits per heavy atom. The van der Waals surface area contributed by atoms with Crippen molar-refractivity contribution in [3.05, 3.63) is 206 Å². The van der Waals surface area contributed by atoms with E-state index in [1.165, 1.54) is 71.9 Å². The summed E-state index contributed by atoms with van der Waals surface area (Å²) < 4.78 is 2.41. The van der Waals surface area contributed by atoms with E-state index in [0.29, 0.717) is 0 Å². The lowest BCUT2D eigenvalue weighted by Gasteiger charge is -2.17. The van der Waals surface area contributed by atoms with E-state index in [1.54, 1.807) is 0 Å². The average molecular weight is 638 g/mol. The van der Waals surface area contributed by atoms with Crippen molar-refractivity contribution >= 4 is 27.4 Å². The Bertz CT molecular complexity index is 2630. The predicted octanol–water partition coefficient (Wildman–Crippen LogP) is 13.1. The molecule has 0 atom stereocenters. The minimum atomic E-state index is 0.899. The number of nitrogens with zero attached hydrogens (tertiary/aromatic N) is 1. The molecule has 0 N–H and O–H groups in total. The second-order valence-corrected chi connectivity index (χ2v) is 13.0. The highest BCUT2D eigenvalue weighted by Crippen LogP contribution is 2.41. The molecule has 236 valence electrons. The SMILES string of the molecule is C=C1/C=C\C=C/Cc2ccccc2-c2ccc(-c3cccc(-c4cccc5c4c4ccccc4n5-c4cccc(-c5ccccc5)c4)c3)cc21. The Hall–Kier alpha value is -6.44. The minimum absolute atomic E-state index is 0.899. The van der Waals surface area contributed by atoms with Crippen molar-refractivity contribution in [2.24, 2.45) is 0 Å². The van der Waals surface area contributed by atoms with E-state index >= 15 is 0 Å². The van der Waals surface area contributed by atoms with Crippen LogP contribution in [-0.4, -0.2) is 4.57 Å². The van der Waals surface area contributed by atoms with Crippen LogP contribution < -0.4 is 0 Å². The van der Waals surface area contributed by atoms with E-state index in [-0.39, 0.29) is 0 Å². The van der Waals surface area contributed by atoms with Gasteiger partial charge in [0.2, 0.25) is 0 Å². The average Bonchev–Trinajstić information content (AvgIpc) is 3.53. The van der Waals surface area contributed by atoms with Gasteiger partial charge >= 0.3 is 0 Å². The molecule has 0 fully saturated rings. The molecule has 0 unspecified atom stereocenters. The van der Waals surface area contributed by atoms with Gasteiger partial charge in [0.05, 0.1) is 11.0 Å². The van der Waals surface area contributed by atoms with Crippen LogP contribution in [0.1, 0.15) is 11.1 Å². The van der Waals surface area contributed by atoms with Gasteiger partial charge in [0, 0.05) is 16.5 Å². The molecule has 1 heterocycles. The first-order valence-corrected chi connectivity index (χ1v) is 17.3. The van der Waals surface area contributed by atoms with Gasteiger partial charge in [-0.15, -0.1) is 0 Å². The molecule has 1 heteroatoms. The van der Waals surface area contributed by atoms with E-state index in [0.717, 1.165) is 23.2 Å². The summed E-state index contributed by atoms with van der Waals surface area (Å²) in [6.45, 7) is 4.49. The minimum Gasteiger partial charge on any atom is -0.309 e. The molecular formula is C49H35N. The van der Waals surface area contributed by atoms with Crippen LogP contribution in [0.5, 0.6) is 0 Å². The smallest absolute Gasteiger partial charge is 0.0547 e. The van der Waals surface area contributed by atoms with Crippen molar-refractivity contribution < 1.29 is 0 Å². The van der Waals surface area contributed by atoms with E-state index in [9.17, 15) is 0 Å². The van der Waals surface area contributed by atoms with Gasteiger partial charge in [-0.25, -0.2) is 0 Å². The van der Waals surface area contributed by atoms with Crippen molar-refractivity contribution in [1.82, 2.24) is 4.57 Å². The first-order valence-electron chi connectivity index (χ1n) is 17.3. The number of fused-ring (bicyclic) bond motifs is 6. The van der Waals surface area contributed by atoms with E-state index in [2.05, 4.69) is 199 Å². The van der Waals surface area contributed by atoms with Crippen LogP contribution in [0.3, 0.4) is 0 Å². The van der Waals surface area contributed by atoms with Crippen molar-refractivity contribution in [3.63, 3.8) is 0 Å². The monoisotopic (exact) mass is 637 g/mol. The third kappa shape index (κ3) is 5.21. The first kappa shape index (κ1) is 29.7. The fraction of sp³-hybridized carbons (Fsp3) is 0.0204. The Balaban J connectivity index is 1.19. The van der Waals surface area contributed by atoms with Crippen LogP contribution in [0, 0.1) is 0 Å². The van der Waals surface area contributed by atoms with Crippen molar-refractivity contribution in [2.75, 3.05) is 0 Å². The zero-order valence-corrected chi connectivity index (χ0v) is 27.8. The van der Waals surface area contributed by atoms with Crippen LogP contribution in [0.2, 0.25) is 0 Å². The quantitative estimate of drug-likeness (QED) is 0.181. The zero-order chi connectivity index (χ0) is 33.4. The van der Waals surface area contributed by atoms with Gasteiger partial charge in [-0.05, 0) is 104 Å². The molecule has 8 aromatic rings. The van der Waals surface area contributed by atoms with E-state index in [1.807, 2.05) is 0 Å². The Labute approximate surface area is 293 Å². The van der Waals surface area contributed by atoms with E-state index < -0.39 is 0 Å². The van der Waals surface area contributed by atoms with Gasteiger partial charge in [-0.1, -0.05) is 158 Å². The van der Waals surface area contributed by atoms with Gasteiger partial charge < -0.3 is 4.57 Å². The molecular weight excluding hydrogens is 603 g/mol. The summed E-state index contributed by atoms with van der Waals surface area (Å²) in [5.74, 6) is 0. The Kier molecular flexibility index (Phi) is 7.44. The number of para-hydroxylation sites is 1. The molecule has 0 spiro atoms. The molecule has 50 heavy (non-hydrogen) atoms. The normalized spacial score (nSPS) is 13.9. The summed E-state index contributed by atoms with van der Waals surface area (Å²) in [6.07, 6.45) is 9.46. The van der Waals surface area contributed by atoms with E-state index in [4.69, 9.17) is 0 Å². The number of benzene rings is 7. The molecule has 0 amide bonds. The highest BCUT2D eigenvalue weighted by atomic mass is 15.0. The third-order valence-electron chi connectivity index (χ3n) is 9.97. The molecule has 9 rings (SSSR count). The first-order chi connectivity index (χ1) is 24.7. The fourth-order valence-corrected chi connectivity index (χ4v) is 7.58. The summed E-state index contributed by atoms with van der Waals surface area (Å²) in [5.41, 5.74) is 16.7. The molecule has 0 saturated heterocycles. The lowest BCUT2D eigenvalue weighted by atomic mass is 9.87. The lowest BCUT2D eigenvalue weighted by molar-refractivity contribution is 1.18. The van der Waals surface area contributed by atoms with Gasteiger partial charge in [0.15, 0.2) is 0 Å². The summed E-state index contributed by atoms with van der Waals surface area (Å²) in [4.78, 5) is 0. The fourth-order valence-electron chi connectivity index (χ4n) is 7.58. The van der Waals surface area contributed by atoms with Crippen LogP contribution in [-0.2, 0) is 6.42 Å². The molecule has 0 radical (unpaired) electrons. The number of hydrogen-bond acceptors (Lipinski definition) is 0. The topological polar surface area (TPSA) is 4.93 Å². The zero-order valence-electron chi connectivity index (χ0n) is 27.8. The second-order valence-electron chi connectivity index (χ2n) is 13.0. The maximum Gasteiger partial charge on any atom is 0.0547 e. The number of rotatable bonds is 4. The predicted molar refractivity (Wildman–Crippen MR) is 214 cm³/mol. The van der Waals surface area contributed by atoms with Crippen molar-refractivity contribution in [2.45, 2.75) is 6.42 Å². The Morgan fingerprint density at radius 1 is 0.440 bits per heavy atom. The Morgan fingerprint density at radius 3 is 2.04 bits per heavy atom. The number of aromatic nitrogens is 1. The van der Waals surface area contributed by atoms with Crippen LogP contribution in [0.25, 0.3) is 77.6 Å². The van der Waals surface area contributed by atoms with Gasteiger partial charge in [0.25, 0.3) is 0 Å². The maximum absolute atomic E-state index is 4.49. The maximum atomic E-state index is 4.49. The standard InChI is InChI=1S/C49H35N/c1-34-15-4-2-7-18-36-19-8-9-24-42(36)44-30-29-39(33-46(34)44)37-20-12-22-40(31-37)43-26-14-28-48-49(43)45-25-10-11-27-47(45)50(48)41-23-13-21-38(32-41)35-16-5-3-6-17-35/h2-17,19-33H,1,18H2/b7-2-,15-4-. The van der Waals surface area contributed by atoms with Gasteiger partial charge in [-0.2, -0.15) is 0 Å². The highest BCUT2D eigenvalue weighted by molar-refractivity contribution is 6.16. The summed E-state index contributed by atoms with van der Waals surface area (Å²) >= 11 is 0. The third-order valence-corrected chi connectivity index (χ3v) is 9.97. The van der Waals surface area contributed by atoms with Gasteiger partial charge in [-0.3, -0.25) is 0 Å². The second kappa shape index (κ2) is 12.5. The van der Waals surface area contributed by atoms with Crippen LogP contribution in [0.4, 0.5) is 0 Å². The highest BCUT2D eigenvalue weighted by Gasteiger charge is 2.18. The lowest BCUT2D eigenvalue weighted by Crippen LogP contribution is -1.95. The molecule has 0 saturated carbocycles. The molecule has 1 nitrogen and oxygen atoms in total. The van der Waals surface area contributed by atoms with Gasteiger partial charge in [0.1, 0.15) is 0 Å². The van der Waals surface area contributed by atoms with Crippen molar-refractivity contribution in [3.8, 4) is 50.2 Å². The molecule has 7 aromatic carbocycles. The molecule has 1 aliphatic carbocycles. The molecule has 1 aromatic heterocycles. The largest absolute Gasteiger partial charge is 0.309 e. The molecule has 1 aliphatic rings. The molecule has 0 aliphatic heterocycles. The summed E-state index contributed by atoms with van der Waals surface area (Å²) in [7, 11) is 0. The number of hydrogen-bond donors (Lipinski definition) is 0. The summed E-state index contributed by atoms with van der Waals surface area (Å²) in [6, 6.07) is 59.6.